The van der Waals surface area contributed by atoms with Crippen molar-refractivity contribution >= 4 is 21.6 Å². The molecule has 1 rings (SSSR count). The van der Waals surface area contributed by atoms with Gasteiger partial charge in [0.1, 0.15) is 0 Å². The standard InChI is InChI=1S/C11H16BrNO/c1-9-6-10(12)8-11(7-9)13-4-2-3-5-14/h6-8,13-14H,2-5H2,1H3. The molecule has 0 radical (unpaired) electrons. The van der Waals surface area contributed by atoms with Crippen molar-refractivity contribution in [1.82, 2.24) is 0 Å². The van der Waals surface area contributed by atoms with E-state index in [1.165, 1.54) is 5.56 Å². The van der Waals surface area contributed by atoms with Crippen LogP contribution >= 0.6 is 15.9 Å². The molecule has 0 saturated carbocycles. The van der Waals surface area contributed by atoms with E-state index in [1.807, 2.05) is 0 Å². The van der Waals surface area contributed by atoms with Crippen LogP contribution in [0.3, 0.4) is 0 Å². The molecule has 0 atom stereocenters. The van der Waals surface area contributed by atoms with Gasteiger partial charge in [-0.05, 0) is 43.5 Å². The Hall–Kier alpha value is -0.540. The molecule has 0 amide bonds. The second-order valence-corrected chi connectivity index (χ2v) is 4.29. The van der Waals surface area contributed by atoms with E-state index in [-0.39, 0.29) is 6.61 Å². The number of halogens is 1. The Morgan fingerprint density at radius 2 is 2.07 bits per heavy atom. The van der Waals surface area contributed by atoms with Gasteiger partial charge in [-0.2, -0.15) is 0 Å². The number of hydrogen-bond donors (Lipinski definition) is 2. The number of aryl methyl sites for hydroxylation is 1. The van der Waals surface area contributed by atoms with Crippen LogP contribution < -0.4 is 5.32 Å². The summed E-state index contributed by atoms with van der Waals surface area (Å²) < 4.78 is 1.10. The summed E-state index contributed by atoms with van der Waals surface area (Å²) in [5.41, 5.74) is 2.37. The van der Waals surface area contributed by atoms with Crippen molar-refractivity contribution in [3.8, 4) is 0 Å². The molecule has 0 saturated heterocycles. The molecule has 0 aliphatic rings. The van der Waals surface area contributed by atoms with Gasteiger partial charge in [0.25, 0.3) is 0 Å². The summed E-state index contributed by atoms with van der Waals surface area (Å²) in [5, 5.41) is 11.9. The van der Waals surface area contributed by atoms with Crippen molar-refractivity contribution in [3.05, 3.63) is 28.2 Å². The Labute approximate surface area is 93.5 Å². The summed E-state index contributed by atoms with van der Waals surface area (Å²) in [6.45, 7) is 3.26. The first kappa shape index (κ1) is 11.5. The van der Waals surface area contributed by atoms with Crippen LogP contribution in [0.25, 0.3) is 0 Å². The van der Waals surface area contributed by atoms with Gasteiger partial charge in [0.15, 0.2) is 0 Å². The minimum Gasteiger partial charge on any atom is -0.396 e. The van der Waals surface area contributed by atoms with Crippen LogP contribution in [-0.2, 0) is 0 Å². The average Bonchev–Trinajstić information content (AvgIpc) is 2.11. The number of aliphatic hydroxyl groups excluding tert-OH is 1. The summed E-state index contributed by atoms with van der Waals surface area (Å²) in [6, 6.07) is 6.26. The SMILES string of the molecule is Cc1cc(Br)cc(NCCCCO)c1. The van der Waals surface area contributed by atoms with E-state index in [2.05, 4.69) is 46.4 Å². The largest absolute Gasteiger partial charge is 0.396 e. The molecule has 1 aromatic rings. The zero-order valence-electron chi connectivity index (χ0n) is 8.39. The molecule has 0 aromatic heterocycles. The molecule has 78 valence electrons. The third kappa shape index (κ3) is 4.11. The maximum atomic E-state index is 8.62. The fraction of sp³-hybridized carbons (Fsp3) is 0.455. The Kier molecular flexibility index (Phi) is 4.98. The fourth-order valence-electron chi connectivity index (χ4n) is 1.31. The van der Waals surface area contributed by atoms with E-state index < -0.39 is 0 Å². The molecular formula is C11H16BrNO. The normalized spacial score (nSPS) is 10.2. The number of nitrogens with one attached hydrogen (secondary N) is 1. The first-order valence-electron chi connectivity index (χ1n) is 4.84. The van der Waals surface area contributed by atoms with Gasteiger partial charge >= 0.3 is 0 Å². The molecule has 0 bridgehead atoms. The highest BCUT2D eigenvalue weighted by Crippen LogP contribution is 2.18. The van der Waals surface area contributed by atoms with Gasteiger partial charge in [-0.3, -0.25) is 0 Å². The highest BCUT2D eigenvalue weighted by Gasteiger charge is 1.95. The van der Waals surface area contributed by atoms with Crippen LogP contribution in [0.4, 0.5) is 5.69 Å². The molecule has 2 nitrogen and oxygen atoms in total. The smallest absolute Gasteiger partial charge is 0.0431 e. The summed E-state index contributed by atoms with van der Waals surface area (Å²) in [5.74, 6) is 0. The summed E-state index contributed by atoms with van der Waals surface area (Å²) in [4.78, 5) is 0. The quantitative estimate of drug-likeness (QED) is 0.796. The second kappa shape index (κ2) is 6.04. The van der Waals surface area contributed by atoms with Crippen molar-refractivity contribution in [2.75, 3.05) is 18.5 Å². The number of anilines is 1. The molecule has 1 aromatic carbocycles. The highest BCUT2D eigenvalue weighted by atomic mass is 79.9. The van der Waals surface area contributed by atoms with Crippen LogP contribution in [0.2, 0.25) is 0 Å². The third-order valence-corrected chi connectivity index (χ3v) is 2.41. The predicted octanol–water partition coefficient (Wildman–Crippen LogP) is 2.94. The lowest BCUT2D eigenvalue weighted by atomic mass is 10.2. The van der Waals surface area contributed by atoms with Gasteiger partial charge in [-0.25, -0.2) is 0 Å². The second-order valence-electron chi connectivity index (χ2n) is 3.37. The maximum absolute atomic E-state index is 8.62. The number of aliphatic hydroxyl groups is 1. The summed E-state index contributed by atoms with van der Waals surface area (Å²) in [7, 11) is 0. The van der Waals surface area contributed by atoms with E-state index in [1.54, 1.807) is 0 Å². The van der Waals surface area contributed by atoms with Crippen molar-refractivity contribution in [1.29, 1.82) is 0 Å². The van der Waals surface area contributed by atoms with Crippen molar-refractivity contribution in [2.45, 2.75) is 19.8 Å². The summed E-state index contributed by atoms with van der Waals surface area (Å²) >= 11 is 3.46. The lowest BCUT2D eigenvalue weighted by Gasteiger charge is -2.07. The average molecular weight is 258 g/mol. The number of hydrogen-bond acceptors (Lipinski definition) is 2. The Bertz CT molecular complexity index is 268. The van der Waals surface area contributed by atoms with Crippen LogP contribution in [0.1, 0.15) is 18.4 Å². The molecule has 3 heteroatoms. The van der Waals surface area contributed by atoms with Crippen molar-refractivity contribution in [3.63, 3.8) is 0 Å². The monoisotopic (exact) mass is 257 g/mol. The molecule has 14 heavy (non-hydrogen) atoms. The topological polar surface area (TPSA) is 32.3 Å². The van der Waals surface area contributed by atoms with Gasteiger partial charge < -0.3 is 10.4 Å². The van der Waals surface area contributed by atoms with Crippen molar-refractivity contribution in [2.24, 2.45) is 0 Å². The first-order chi connectivity index (χ1) is 6.72. The van der Waals surface area contributed by atoms with Gasteiger partial charge in [0, 0.05) is 23.3 Å². The van der Waals surface area contributed by atoms with Crippen LogP contribution in [0, 0.1) is 6.92 Å². The molecule has 0 unspecified atom stereocenters. The van der Waals surface area contributed by atoms with E-state index >= 15 is 0 Å². The van der Waals surface area contributed by atoms with Gasteiger partial charge in [-0.1, -0.05) is 15.9 Å². The minimum atomic E-state index is 0.277. The Morgan fingerprint density at radius 3 is 2.71 bits per heavy atom. The fourth-order valence-corrected chi connectivity index (χ4v) is 1.92. The Balaban J connectivity index is 2.42. The molecule has 2 N–H and O–H groups in total. The van der Waals surface area contributed by atoms with Crippen LogP contribution in [-0.4, -0.2) is 18.3 Å². The molecule has 0 heterocycles. The van der Waals surface area contributed by atoms with E-state index in [4.69, 9.17) is 5.11 Å². The van der Waals surface area contributed by atoms with E-state index in [9.17, 15) is 0 Å². The zero-order valence-corrected chi connectivity index (χ0v) is 9.97. The number of rotatable bonds is 5. The molecular weight excluding hydrogens is 242 g/mol. The number of benzene rings is 1. The predicted molar refractivity (Wildman–Crippen MR) is 63.7 cm³/mol. The van der Waals surface area contributed by atoms with Gasteiger partial charge in [-0.15, -0.1) is 0 Å². The highest BCUT2D eigenvalue weighted by molar-refractivity contribution is 9.10. The minimum absolute atomic E-state index is 0.277. The molecule has 0 spiro atoms. The summed E-state index contributed by atoms with van der Waals surface area (Å²) in [6.07, 6.45) is 1.86. The number of unbranched alkanes of at least 4 members (excludes halogenated alkanes) is 1. The molecule has 0 aliphatic heterocycles. The third-order valence-electron chi connectivity index (χ3n) is 1.96. The zero-order chi connectivity index (χ0) is 10.4. The van der Waals surface area contributed by atoms with Crippen LogP contribution in [0.5, 0.6) is 0 Å². The molecule has 0 fully saturated rings. The lowest BCUT2D eigenvalue weighted by Crippen LogP contribution is -2.02. The van der Waals surface area contributed by atoms with Crippen molar-refractivity contribution < 1.29 is 5.11 Å². The Morgan fingerprint density at radius 1 is 1.29 bits per heavy atom. The van der Waals surface area contributed by atoms with Gasteiger partial charge in [0.05, 0.1) is 0 Å². The van der Waals surface area contributed by atoms with Crippen LogP contribution in [0.15, 0.2) is 22.7 Å². The van der Waals surface area contributed by atoms with E-state index in [0.717, 1.165) is 29.5 Å². The van der Waals surface area contributed by atoms with Gasteiger partial charge in [0.2, 0.25) is 0 Å². The van der Waals surface area contributed by atoms with E-state index in [0.29, 0.717) is 0 Å². The lowest BCUT2D eigenvalue weighted by molar-refractivity contribution is 0.286. The molecule has 0 aliphatic carbocycles. The first-order valence-corrected chi connectivity index (χ1v) is 5.63. The maximum Gasteiger partial charge on any atom is 0.0431 e.